The van der Waals surface area contributed by atoms with E-state index in [0.29, 0.717) is 17.6 Å². The summed E-state index contributed by atoms with van der Waals surface area (Å²) in [5, 5.41) is 0. The van der Waals surface area contributed by atoms with E-state index >= 15 is 0 Å². The second-order valence-electron chi connectivity index (χ2n) is 4.34. The highest BCUT2D eigenvalue weighted by Crippen LogP contribution is 2.31. The minimum atomic E-state index is -4.32. The molecule has 0 nitrogen and oxygen atoms in total. The number of hydrogen-bond acceptors (Lipinski definition) is 0. The van der Waals surface area contributed by atoms with Crippen molar-refractivity contribution < 1.29 is 13.2 Å². The Bertz CT molecular complexity index is 568. The van der Waals surface area contributed by atoms with Gasteiger partial charge in [-0.1, -0.05) is 49.0 Å². The zero-order chi connectivity index (χ0) is 13.9. The summed E-state index contributed by atoms with van der Waals surface area (Å²) < 4.78 is 37.9. The minimum Gasteiger partial charge on any atom is -0.166 e. The molecule has 0 aliphatic rings. The summed E-state index contributed by atoms with van der Waals surface area (Å²) in [4.78, 5) is 0. The lowest BCUT2D eigenvalue weighted by Gasteiger charge is -2.10. The Morgan fingerprint density at radius 2 is 1.63 bits per heavy atom. The van der Waals surface area contributed by atoms with Crippen LogP contribution in [0.25, 0.3) is 5.57 Å². The molecule has 0 heterocycles. The molecule has 0 amide bonds. The monoisotopic (exact) mass is 262 g/mol. The lowest BCUT2D eigenvalue weighted by Crippen LogP contribution is -2.05. The van der Waals surface area contributed by atoms with Crippen molar-refractivity contribution in [3.05, 3.63) is 77.9 Å². The van der Waals surface area contributed by atoms with E-state index in [4.69, 9.17) is 0 Å². The molecule has 0 bridgehead atoms. The van der Waals surface area contributed by atoms with Gasteiger partial charge in [-0.25, -0.2) is 0 Å². The summed E-state index contributed by atoms with van der Waals surface area (Å²) in [5.74, 6) is 0. The fourth-order valence-corrected chi connectivity index (χ4v) is 1.86. The first-order valence-corrected chi connectivity index (χ1v) is 5.86. The largest absolute Gasteiger partial charge is 0.416 e. The lowest BCUT2D eigenvalue weighted by atomic mass is 9.98. The number of allylic oxidation sites excluding steroid dienone is 1. The first kappa shape index (κ1) is 13.4. The van der Waals surface area contributed by atoms with Crippen LogP contribution in [0, 0.1) is 0 Å². The molecule has 0 aliphatic heterocycles. The summed E-state index contributed by atoms with van der Waals surface area (Å²) in [5.41, 5.74) is 1.60. The van der Waals surface area contributed by atoms with Crippen LogP contribution in [0.2, 0.25) is 0 Å². The molecule has 0 saturated carbocycles. The van der Waals surface area contributed by atoms with Crippen LogP contribution in [-0.4, -0.2) is 0 Å². The molecule has 0 aliphatic carbocycles. The Morgan fingerprint density at radius 3 is 2.26 bits per heavy atom. The van der Waals surface area contributed by atoms with Crippen LogP contribution in [0.15, 0.2) is 61.2 Å². The molecule has 2 aromatic carbocycles. The molecular formula is C16H13F3. The zero-order valence-electron chi connectivity index (χ0n) is 10.2. The van der Waals surface area contributed by atoms with Gasteiger partial charge in [0.05, 0.1) is 5.56 Å². The first-order chi connectivity index (χ1) is 8.97. The second-order valence-corrected chi connectivity index (χ2v) is 4.34. The topological polar surface area (TPSA) is 0 Å². The molecule has 0 N–H and O–H groups in total. The quantitative estimate of drug-likeness (QED) is 0.733. The molecule has 0 atom stereocenters. The van der Waals surface area contributed by atoms with Crippen molar-refractivity contribution in [1.29, 1.82) is 0 Å². The Kier molecular flexibility index (Phi) is 3.74. The maximum absolute atomic E-state index is 12.6. The lowest BCUT2D eigenvalue weighted by molar-refractivity contribution is -0.137. The average molecular weight is 262 g/mol. The Hall–Kier alpha value is -2.03. The average Bonchev–Trinajstić information content (AvgIpc) is 2.39. The van der Waals surface area contributed by atoms with Crippen LogP contribution >= 0.6 is 0 Å². The molecule has 0 unspecified atom stereocenters. The van der Waals surface area contributed by atoms with Crippen LogP contribution in [0.1, 0.15) is 16.7 Å². The molecule has 0 radical (unpaired) electrons. The van der Waals surface area contributed by atoms with Gasteiger partial charge in [-0.05, 0) is 35.3 Å². The van der Waals surface area contributed by atoms with Crippen LogP contribution in [-0.2, 0) is 12.6 Å². The number of hydrogen-bond donors (Lipinski definition) is 0. The van der Waals surface area contributed by atoms with E-state index < -0.39 is 11.7 Å². The van der Waals surface area contributed by atoms with Crippen molar-refractivity contribution in [2.75, 3.05) is 0 Å². The smallest absolute Gasteiger partial charge is 0.166 e. The highest BCUT2D eigenvalue weighted by molar-refractivity contribution is 5.66. The molecule has 3 heteroatoms. The standard InChI is InChI=1S/C16H13F3/c1-12(10-13-6-3-2-4-7-13)14-8-5-9-15(11-14)16(17,18)19/h2-9,11H,1,10H2. The van der Waals surface area contributed by atoms with E-state index in [1.165, 1.54) is 6.07 Å². The highest BCUT2D eigenvalue weighted by atomic mass is 19.4. The van der Waals surface area contributed by atoms with Gasteiger partial charge in [-0.15, -0.1) is 0 Å². The Morgan fingerprint density at radius 1 is 0.947 bits per heavy atom. The van der Waals surface area contributed by atoms with E-state index in [9.17, 15) is 13.2 Å². The van der Waals surface area contributed by atoms with E-state index in [0.717, 1.165) is 17.7 Å². The maximum atomic E-state index is 12.6. The number of benzene rings is 2. The van der Waals surface area contributed by atoms with Gasteiger partial charge in [-0.3, -0.25) is 0 Å². The molecule has 0 spiro atoms. The molecule has 19 heavy (non-hydrogen) atoms. The molecule has 98 valence electrons. The zero-order valence-corrected chi connectivity index (χ0v) is 10.2. The van der Waals surface area contributed by atoms with E-state index in [1.807, 2.05) is 30.3 Å². The summed E-state index contributed by atoms with van der Waals surface area (Å²) in [6.07, 6.45) is -3.77. The molecular weight excluding hydrogens is 249 g/mol. The van der Waals surface area contributed by atoms with Crippen LogP contribution in [0.3, 0.4) is 0 Å². The minimum absolute atomic E-state index is 0.527. The van der Waals surface area contributed by atoms with Crippen molar-refractivity contribution in [3.8, 4) is 0 Å². The van der Waals surface area contributed by atoms with Gasteiger partial charge in [0, 0.05) is 0 Å². The predicted octanol–water partition coefficient (Wildman–Crippen LogP) is 4.96. The molecule has 0 saturated heterocycles. The van der Waals surface area contributed by atoms with Gasteiger partial charge < -0.3 is 0 Å². The van der Waals surface area contributed by atoms with Gasteiger partial charge in [0.1, 0.15) is 0 Å². The van der Waals surface area contributed by atoms with E-state index in [1.54, 1.807) is 6.07 Å². The summed E-state index contributed by atoms with van der Waals surface area (Å²) in [6, 6.07) is 14.8. The van der Waals surface area contributed by atoms with Gasteiger partial charge in [-0.2, -0.15) is 13.2 Å². The predicted molar refractivity (Wildman–Crippen MR) is 70.6 cm³/mol. The Balaban J connectivity index is 2.20. The van der Waals surface area contributed by atoms with Gasteiger partial charge in [0.25, 0.3) is 0 Å². The normalized spacial score (nSPS) is 11.3. The van der Waals surface area contributed by atoms with Crippen molar-refractivity contribution in [2.24, 2.45) is 0 Å². The van der Waals surface area contributed by atoms with Gasteiger partial charge in [0.15, 0.2) is 0 Å². The van der Waals surface area contributed by atoms with E-state index in [-0.39, 0.29) is 0 Å². The summed E-state index contributed by atoms with van der Waals surface area (Å²) in [7, 11) is 0. The molecule has 0 fully saturated rings. The number of alkyl halides is 3. The van der Waals surface area contributed by atoms with Crippen molar-refractivity contribution in [1.82, 2.24) is 0 Å². The number of rotatable bonds is 3. The van der Waals surface area contributed by atoms with Crippen LogP contribution in [0.4, 0.5) is 13.2 Å². The first-order valence-electron chi connectivity index (χ1n) is 5.86. The van der Waals surface area contributed by atoms with Crippen molar-refractivity contribution in [2.45, 2.75) is 12.6 Å². The van der Waals surface area contributed by atoms with Crippen molar-refractivity contribution in [3.63, 3.8) is 0 Å². The van der Waals surface area contributed by atoms with Crippen LogP contribution in [0.5, 0.6) is 0 Å². The SMILES string of the molecule is C=C(Cc1ccccc1)c1cccc(C(F)(F)F)c1. The van der Waals surface area contributed by atoms with Crippen molar-refractivity contribution >= 4 is 5.57 Å². The Labute approximate surface area is 110 Å². The fourth-order valence-electron chi connectivity index (χ4n) is 1.86. The third-order valence-corrected chi connectivity index (χ3v) is 2.86. The molecule has 2 aromatic rings. The summed E-state index contributed by atoms with van der Waals surface area (Å²) >= 11 is 0. The maximum Gasteiger partial charge on any atom is 0.416 e. The van der Waals surface area contributed by atoms with E-state index in [2.05, 4.69) is 6.58 Å². The highest BCUT2D eigenvalue weighted by Gasteiger charge is 2.30. The third kappa shape index (κ3) is 3.47. The van der Waals surface area contributed by atoms with Crippen LogP contribution < -0.4 is 0 Å². The van der Waals surface area contributed by atoms with Gasteiger partial charge in [0.2, 0.25) is 0 Å². The fraction of sp³-hybridized carbons (Fsp3) is 0.125. The molecule has 0 aromatic heterocycles. The van der Waals surface area contributed by atoms with Gasteiger partial charge >= 0.3 is 6.18 Å². The molecule has 2 rings (SSSR count). The third-order valence-electron chi connectivity index (χ3n) is 2.86. The second kappa shape index (κ2) is 5.31. The summed E-state index contributed by atoms with van der Waals surface area (Å²) in [6.45, 7) is 3.88. The number of halogens is 3.